The second-order valence-electron chi connectivity index (χ2n) is 5.12. The van der Waals surface area contributed by atoms with E-state index in [1.165, 1.54) is 16.8 Å². The molecule has 0 aliphatic carbocycles. The maximum Gasteiger partial charge on any atom is 0.0526 e. The van der Waals surface area contributed by atoms with Gasteiger partial charge in [0, 0.05) is 30.3 Å². The summed E-state index contributed by atoms with van der Waals surface area (Å²) in [4.78, 5) is 0. The standard InChI is InChI=1S/C15H19N3O/c1-10-7-17-18-15(10)14(12-8-19-9-12)11-4-3-5-13(6-11)16-2/h3-7,12,14,16H,8-9H2,1-2H3,(H,17,18). The second kappa shape index (κ2) is 5.05. The molecule has 0 bridgehead atoms. The number of aromatic nitrogens is 2. The first-order valence-electron chi connectivity index (χ1n) is 6.65. The molecule has 1 aromatic heterocycles. The molecule has 4 nitrogen and oxygen atoms in total. The summed E-state index contributed by atoms with van der Waals surface area (Å²) in [6.07, 6.45) is 1.89. The van der Waals surface area contributed by atoms with Crippen LogP contribution in [0.5, 0.6) is 0 Å². The number of aromatic amines is 1. The third kappa shape index (κ3) is 2.24. The molecule has 1 saturated heterocycles. The minimum atomic E-state index is 0.338. The van der Waals surface area contributed by atoms with Gasteiger partial charge in [-0.15, -0.1) is 0 Å². The van der Waals surface area contributed by atoms with E-state index < -0.39 is 0 Å². The van der Waals surface area contributed by atoms with Crippen molar-refractivity contribution >= 4 is 5.69 Å². The molecule has 1 aliphatic rings. The maximum atomic E-state index is 5.38. The zero-order valence-corrected chi connectivity index (χ0v) is 11.3. The van der Waals surface area contributed by atoms with Crippen molar-refractivity contribution in [2.75, 3.05) is 25.6 Å². The van der Waals surface area contributed by atoms with E-state index in [1.807, 2.05) is 13.2 Å². The fraction of sp³-hybridized carbons (Fsp3) is 0.400. The van der Waals surface area contributed by atoms with Crippen molar-refractivity contribution in [2.24, 2.45) is 5.92 Å². The maximum absolute atomic E-state index is 5.38. The van der Waals surface area contributed by atoms with Crippen molar-refractivity contribution in [2.45, 2.75) is 12.8 Å². The van der Waals surface area contributed by atoms with Gasteiger partial charge in [-0.25, -0.2) is 0 Å². The molecular formula is C15H19N3O. The van der Waals surface area contributed by atoms with Crippen LogP contribution in [-0.4, -0.2) is 30.5 Å². The first-order chi connectivity index (χ1) is 9.29. The lowest BCUT2D eigenvalue weighted by Crippen LogP contribution is -2.34. The highest BCUT2D eigenvalue weighted by molar-refractivity contribution is 5.48. The fourth-order valence-electron chi connectivity index (χ4n) is 2.68. The van der Waals surface area contributed by atoms with Gasteiger partial charge >= 0.3 is 0 Å². The molecule has 3 rings (SSSR count). The number of benzene rings is 1. The summed E-state index contributed by atoms with van der Waals surface area (Å²) in [5.74, 6) is 0.871. The Labute approximate surface area is 113 Å². The zero-order chi connectivity index (χ0) is 13.2. The Morgan fingerprint density at radius 2 is 2.26 bits per heavy atom. The van der Waals surface area contributed by atoms with E-state index in [2.05, 4.69) is 46.7 Å². The summed E-state index contributed by atoms with van der Waals surface area (Å²) < 4.78 is 5.38. The third-order valence-corrected chi connectivity index (χ3v) is 3.85. The SMILES string of the molecule is CNc1cccc(C(c2[nH]ncc2C)C2COC2)c1. The number of hydrogen-bond acceptors (Lipinski definition) is 3. The lowest BCUT2D eigenvalue weighted by Gasteiger charge is -2.34. The molecule has 0 spiro atoms. The van der Waals surface area contributed by atoms with Gasteiger partial charge in [-0.05, 0) is 30.2 Å². The van der Waals surface area contributed by atoms with Crippen LogP contribution in [-0.2, 0) is 4.74 Å². The summed E-state index contributed by atoms with van der Waals surface area (Å²) in [7, 11) is 1.95. The second-order valence-corrected chi connectivity index (χ2v) is 5.12. The van der Waals surface area contributed by atoms with Gasteiger partial charge in [0.15, 0.2) is 0 Å². The Morgan fingerprint density at radius 1 is 1.42 bits per heavy atom. The molecule has 2 aromatic rings. The molecule has 2 heterocycles. The quantitative estimate of drug-likeness (QED) is 0.885. The lowest BCUT2D eigenvalue weighted by atomic mass is 9.81. The van der Waals surface area contributed by atoms with Crippen LogP contribution in [0.1, 0.15) is 22.7 Å². The normalized spacial score (nSPS) is 16.9. The summed E-state index contributed by atoms with van der Waals surface area (Å²) >= 11 is 0. The van der Waals surface area contributed by atoms with Crippen molar-refractivity contribution in [3.63, 3.8) is 0 Å². The molecule has 2 N–H and O–H groups in total. The van der Waals surface area contributed by atoms with E-state index >= 15 is 0 Å². The van der Waals surface area contributed by atoms with E-state index in [-0.39, 0.29) is 0 Å². The number of hydrogen-bond donors (Lipinski definition) is 2. The van der Waals surface area contributed by atoms with E-state index in [0.29, 0.717) is 11.8 Å². The number of nitrogens with zero attached hydrogens (tertiary/aromatic N) is 1. The predicted molar refractivity (Wildman–Crippen MR) is 75.5 cm³/mol. The molecule has 1 unspecified atom stereocenters. The molecule has 1 atom stereocenters. The van der Waals surface area contributed by atoms with E-state index in [0.717, 1.165) is 18.9 Å². The number of nitrogens with one attached hydrogen (secondary N) is 2. The van der Waals surface area contributed by atoms with Gasteiger partial charge in [0.05, 0.1) is 19.4 Å². The molecule has 0 saturated carbocycles. The molecule has 1 fully saturated rings. The van der Waals surface area contributed by atoms with Gasteiger partial charge in [-0.3, -0.25) is 5.10 Å². The highest BCUT2D eigenvalue weighted by atomic mass is 16.5. The number of H-pyrrole nitrogens is 1. The van der Waals surface area contributed by atoms with Gasteiger partial charge in [-0.2, -0.15) is 5.10 Å². The average molecular weight is 257 g/mol. The molecule has 1 aliphatic heterocycles. The van der Waals surface area contributed by atoms with Crippen LogP contribution >= 0.6 is 0 Å². The highest BCUT2D eigenvalue weighted by Gasteiger charge is 2.32. The monoisotopic (exact) mass is 257 g/mol. The van der Waals surface area contributed by atoms with Gasteiger partial charge in [-0.1, -0.05) is 12.1 Å². The average Bonchev–Trinajstić information content (AvgIpc) is 2.79. The summed E-state index contributed by atoms with van der Waals surface area (Å²) in [6.45, 7) is 3.76. The summed E-state index contributed by atoms with van der Waals surface area (Å²) in [6, 6.07) is 8.57. The highest BCUT2D eigenvalue weighted by Crippen LogP contribution is 2.37. The predicted octanol–water partition coefficient (Wildman–Crippen LogP) is 2.54. The van der Waals surface area contributed by atoms with Crippen LogP contribution < -0.4 is 5.32 Å². The Morgan fingerprint density at radius 3 is 2.84 bits per heavy atom. The first-order valence-corrected chi connectivity index (χ1v) is 6.65. The minimum Gasteiger partial charge on any atom is -0.388 e. The Hall–Kier alpha value is -1.81. The van der Waals surface area contributed by atoms with Crippen molar-refractivity contribution < 1.29 is 4.74 Å². The van der Waals surface area contributed by atoms with Crippen LogP contribution in [0.25, 0.3) is 0 Å². The number of anilines is 1. The van der Waals surface area contributed by atoms with Crippen LogP contribution in [0.15, 0.2) is 30.5 Å². The lowest BCUT2D eigenvalue weighted by molar-refractivity contribution is -0.0398. The van der Waals surface area contributed by atoms with Crippen LogP contribution in [0.2, 0.25) is 0 Å². The van der Waals surface area contributed by atoms with Crippen LogP contribution in [0.4, 0.5) is 5.69 Å². The molecular weight excluding hydrogens is 238 g/mol. The Bertz CT molecular complexity index is 560. The van der Waals surface area contributed by atoms with Crippen molar-refractivity contribution in [3.05, 3.63) is 47.3 Å². The van der Waals surface area contributed by atoms with Crippen molar-refractivity contribution in [1.82, 2.24) is 10.2 Å². The Kier molecular flexibility index (Phi) is 3.25. The molecule has 0 radical (unpaired) electrons. The topological polar surface area (TPSA) is 49.9 Å². The zero-order valence-electron chi connectivity index (χ0n) is 11.3. The molecule has 1 aromatic carbocycles. The third-order valence-electron chi connectivity index (χ3n) is 3.85. The molecule has 100 valence electrons. The molecule has 0 amide bonds. The summed E-state index contributed by atoms with van der Waals surface area (Å²) in [5.41, 5.74) is 4.88. The van der Waals surface area contributed by atoms with Gasteiger partial charge in [0.1, 0.15) is 0 Å². The van der Waals surface area contributed by atoms with Gasteiger partial charge < -0.3 is 10.1 Å². The molecule has 4 heteroatoms. The summed E-state index contributed by atoms with van der Waals surface area (Å²) in [5, 5.41) is 10.5. The largest absolute Gasteiger partial charge is 0.388 e. The molecule has 19 heavy (non-hydrogen) atoms. The van der Waals surface area contributed by atoms with Crippen LogP contribution in [0, 0.1) is 12.8 Å². The smallest absolute Gasteiger partial charge is 0.0526 e. The van der Waals surface area contributed by atoms with Crippen molar-refractivity contribution in [3.8, 4) is 0 Å². The van der Waals surface area contributed by atoms with E-state index in [9.17, 15) is 0 Å². The first kappa shape index (κ1) is 12.2. The number of ether oxygens (including phenoxy) is 1. The van der Waals surface area contributed by atoms with Gasteiger partial charge in [0.25, 0.3) is 0 Å². The Balaban J connectivity index is 2.01. The number of rotatable bonds is 4. The minimum absolute atomic E-state index is 0.338. The fourth-order valence-corrected chi connectivity index (χ4v) is 2.68. The van der Waals surface area contributed by atoms with Gasteiger partial charge in [0.2, 0.25) is 0 Å². The number of aryl methyl sites for hydroxylation is 1. The van der Waals surface area contributed by atoms with Crippen molar-refractivity contribution in [1.29, 1.82) is 0 Å². The van der Waals surface area contributed by atoms with E-state index in [4.69, 9.17) is 4.74 Å². The van der Waals surface area contributed by atoms with E-state index in [1.54, 1.807) is 0 Å². The van der Waals surface area contributed by atoms with Crippen LogP contribution in [0.3, 0.4) is 0 Å².